The number of amides is 1. The van der Waals surface area contributed by atoms with E-state index in [1.165, 1.54) is 11.8 Å². The first-order chi connectivity index (χ1) is 13.5. The summed E-state index contributed by atoms with van der Waals surface area (Å²) >= 11 is 1.30. The number of amidine groups is 1. The zero-order valence-electron chi connectivity index (χ0n) is 16.2. The average molecular weight is 398 g/mol. The molecule has 0 bridgehead atoms. The molecular weight excluding hydrogens is 376 g/mol. The second kappa shape index (κ2) is 8.84. The van der Waals surface area contributed by atoms with Crippen LogP contribution in [0.2, 0.25) is 0 Å². The lowest BCUT2D eigenvalue weighted by Crippen LogP contribution is -2.19. The lowest BCUT2D eigenvalue weighted by molar-refractivity contribution is -0.115. The summed E-state index contributed by atoms with van der Waals surface area (Å²) in [6.45, 7) is 4.51. The molecule has 0 aliphatic carbocycles. The van der Waals surface area contributed by atoms with E-state index in [1.54, 1.807) is 14.2 Å². The first-order valence-corrected chi connectivity index (χ1v) is 9.60. The Balaban J connectivity index is 1.82. The molecule has 6 nitrogen and oxygen atoms in total. The molecular formula is C21H22N2O4S. The van der Waals surface area contributed by atoms with Crippen LogP contribution >= 0.6 is 11.8 Å². The van der Waals surface area contributed by atoms with Gasteiger partial charge >= 0.3 is 0 Å². The van der Waals surface area contributed by atoms with Gasteiger partial charge in [-0.3, -0.25) is 4.79 Å². The molecule has 0 atom stereocenters. The Hall–Kier alpha value is -2.93. The predicted octanol–water partition coefficient (Wildman–Crippen LogP) is 4.30. The van der Waals surface area contributed by atoms with Crippen molar-refractivity contribution in [3.63, 3.8) is 0 Å². The Kier molecular flexibility index (Phi) is 6.26. The second-order valence-corrected chi connectivity index (χ2v) is 7.00. The maximum Gasteiger partial charge on any atom is 0.264 e. The Bertz CT molecular complexity index is 936. The van der Waals surface area contributed by atoms with Crippen molar-refractivity contribution in [3.8, 4) is 17.2 Å². The Morgan fingerprint density at radius 1 is 1.11 bits per heavy atom. The number of aryl methyl sites for hydroxylation is 1. The molecule has 1 N–H and O–H groups in total. The third kappa shape index (κ3) is 4.48. The van der Waals surface area contributed by atoms with E-state index in [0.29, 0.717) is 28.2 Å². The second-order valence-electron chi connectivity index (χ2n) is 5.97. The molecule has 0 unspecified atom stereocenters. The van der Waals surface area contributed by atoms with E-state index in [1.807, 2.05) is 56.3 Å². The summed E-state index contributed by atoms with van der Waals surface area (Å²) in [6.07, 6.45) is 1.83. The van der Waals surface area contributed by atoms with E-state index in [0.717, 1.165) is 22.6 Å². The fraction of sp³-hybridized carbons (Fsp3) is 0.238. The highest BCUT2D eigenvalue weighted by atomic mass is 32.2. The van der Waals surface area contributed by atoms with Gasteiger partial charge in [0.2, 0.25) is 0 Å². The van der Waals surface area contributed by atoms with Gasteiger partial charge in [0.05, 0.1) is 31.4 Å². The van der Waals surface area contributed by atoms with Gasteiger partial charge in [0, 0.05) is 0 Å². The van der Waals surface area contributed by atoms with Gasteiger partial charge in [0.1, 0.15) is 5.75 Å². The van der Waals surface area contributed by atoms with E-state index in [4.69, 9.17) is 14.2 Å². The van der Waals surface area contributed by atoms with Crippen LogP contribution in [0.1, 0.15) is 18.1 Å². The standard InChI is InChI=1S/C21H22N2O4S/c1-5-27-16-8-6-15(7-9-16)22-21-23-20(24)19(28-21)12-14-11-18(26-4)17(25-3)10-13(14)2/h6-12H,5H2,1-4H3,(H,22,23,24)/b19-12-. The highest BCUT2D eigenvalue weighted by Crippen LogP contribution is 2.34. The van der Waals surface area contributed by atoms with Crippen LogP contribution in [0, 0.1) is 6.92 Å². The number of nitrogens with one attached hydrogen (secondary N) is 1. The topological polar surface area (TPSA) is 69.2 Å². The molecule has 7 heteroatoms. The van der Waals surface area contributed by atoms with Crippen LogP contribution in [0.4, 0.5) is 5.69 Å². The Morgan fingerprint density at radius 3 is 2.43 bits per heavy atom. The molecule has 1 heterocycles. The van der Waals surface area contributed by atoms with Crippen LogP contribution in [0.25, 0.3) is 6.08 Å². The smallest absolute Gasteiger partial charge is 0.264 e. The lowest BCUT2D eigenvalue weighted by Gasteiger charge is -2.10. The number of rotatable bonds is 6. The van der Waals surface area contributed by atoms with Crippen LogP contribution in [0.3, 0.4) is 0 Å². The third-order valence-corrected chi connectivity index (χ3v) is 5.00. The molecule has 1 saturated heterocycles. The summed E-state index contributed by atoms with van der Waals surface area (Å²) in [5.74, 6) is 1.89. The van der Waals surface area contributed by atoms with Crippen molar-refractivity contribution in [1.29, 1.82) is 0 Å². The molecule has 1 fully saturated rings. The van der Waals surface area contributed by atoms with Gasteiger partial charge in [-0.1, -0.05) is 0 Å². The minimum absolute atomic E-state index is 0.177. The molecule has 0 spiro atoms. The van der Waals surface area contributed by atoms with E-state index >= 15 is 0 Å². The number of ether oxygens (including phenoxy) is 3. The third-order valence-electron chi connectivity index (χ3n) is 4.09. The summed E-state index contributed by atoms with van der Waals surface area (Å²) < 4.78 is 16.1. The van der Waals surface area contributed by atoms with Crippen molar-refractivity contribution in [3.05, 3.63) is 52.4 Å². The predicted molar refractivity (Wildman–Crippen MR) is 113 cm³/mol. The Labute approximate surface area is 168 Å². The van der Waals surface area contributed by atoms with Gasteiger partial charge in [-0.2, -0.15) is 0 Å². The minimum atomic E-state index is -0.177. The molecule has 1 aliphatic rings. The fourth-order valence-corrected chi connectivity index (χ4v) is 3.51. The lowest BCUT2D eigenvalue weighted by atomic mass is 10.1. The molecule has 0 aromatic heterocycles. The summed E-state index contributed by atoms with van der Waals surface area (Å²) in [6, 6.07) is 11.2. The van der Waals surface area contributed by atoms with Crippen LogP contribution in [-0.4, -0.2) is 31.9 Å². The summed E-state index contributed by atoms with van der Waals surface area (Å²) in [4.78, 5) is 17.4. The number of carbonyl (C=O) groups excluding carboxylic acids is 1. The number of nitrogens with zero attached hydrogens (tertiary/aromatic N) is 1. The van der Waals surface area contributed by atoms with Crippen molar-refractivity contribution < 1.29 is 19.0 Å². The zero-order valence-corrected chi connectivity index (χ0v) is 17.1. The molecule has 2 aromatic rings. The maximum atomic E-state index is 12.4. The highest BCUT2D eigenvalue weighted by Gasteiger charge is 2.24. The average Bonchev–Trinajstić information content (AvgIpc) is 3.03. The molecule has 3 rings (SSSR count). The molecule has 2 aromatic carbocycles. The van der Waals surface area contributed by atoms with Gasteiger partial charge in [-0.25, -0.2) is 4.99 Å². The molecule has 0 saturated carbocycles. The number of thioether (sulfide) groups is 1. The number of carbonyl (C=O) groups is 1. The molecule has 1 aliphatic heterocycles. The first-order valence-electron chi connectivity index (χ1n) is 8.79. The summed E-state index contributed by atoms with van der Waals surface area (Å²) in [7, 11) is 3.18. The van der Waals surface area contributed by atoms with Gasteiger partial charge in [0.25, 0.3) is 5.91 Å². The SMILES string of the molecule is CCOc1ccc(N=C2NC(=O)/C(=C/c3cc(OC)c(OC)cc3C)S2)cc1. The normalized spacial score (nSPS) is 16.4. The van der Waals surface area contributed by atoms with Crippen molar-refractivity contribution in [1.82, 2.24) is 5.32 Å². The molecule has 28 heavy (non-hydrogen) atoms. The van der Waals surface area contributed by atoms with Crippen molar-refractivity contribution in [2.45, 2.75) is 13.8 Å². The monoisotopic (exact) mass is 398 g/mol. The van der Waals surface area contributed by atoms with Gasteiger partial charge in [0.15, 0.2) is 16.7 Å². The van der Waals surface area contributed by atoms with Crippen molar-refractivity contribution in [2.75, 3.05) is 20.8 Å². The number of hydrogen-bond acceptors (Lipinski definition) is 6. The minimum Gasteiger partial charge on any atom is -0.494 e. The number of methoxy groups -OCH3 is 2. The number of hydrogen-bond donors (Lipinski definition) is 1. The van der Waals surface area contributed by atoms with Crippen LogP contribution in [-0.2, 0) is 4.79 Å². The fourth-order valence-electron chi connectivity index (χ4n) is 2.67. The van der Waals surface area contributed by atoms with E-state index in [-0.39, 0.29) is 5.91 Å². The Morgan fingerprint density at radius 2 is 1.79 bits per heavy atom. The van der Waals surface area contributed by atoms with Crippen molar-refractivity contribution in [2.24, 2.45) is 4.99 Å². The largest absolute Gasteiger partial charge is 0.494 e. The van der Waals surface area contributed by atoms with Gasteiger partial charge in [-0.15, -0.1) is 0 Å². The van der Waals surface area contributed by atoms with Crippen LogP contribution in [0.15, 0.2) is 46.3 Å². The van der Waals surface area contributed by atoms with E-state index in [2.05, 4.69) is 10.3 Å². The van der Waals surface area contributed by atoms with Crippen LogP contribution in [0.5, 0.6) is 17.2 Å². The van der Waals surface area contributed by atoms with Gasteiger partial charge < -0.3 is 19.5 Å². The molecule has 1 amide bonds. The maximum absolute atomic E-state index is 12.4. The summed E-state index contributed by atoms with van der Waals surface area (Å²) in [5, 5.41) is 3.34. The number of aliphatic imine (C=N–C) groups is 1. The van der Waals surface area contributed by atoms with E-state index in [9.17, 15) is 4.79 Å². The van der Waals surface area contributed by atoms with Crippen molar-refractivity contribution >= 4 is 34.6 Å². The molecule has 0 radical (unpaired) electrons. The quantitative estimate of drug-likeness (QED) is 0.735. The first kappa shape index (κ1) is 19.8. The zero-order chi connectivity index (χ0) is 20.1. The van der Waals surface area contributed by atoms with Crippen LogP contribution < -0.4 is 19.5 Å². The van der Waals surface area contributed by atoms with E-state index < -0.39 is 0 Å². The number of benzene rings is 2. The highest BCUT2D eigenvalue weighted by molar-refractivity contribution is 8.18. The van der Waals surface area contributed by atoms with Gasteiger partial charge in [-0.05, 0) is 79.2 Å². The summed E-state index contributed by atoms with van der Waals surface area (Å²) in [5.41, 5.74) is 2.61. The molecule has 146 valence electrons.